The van der Waals surface area contributed by atoms with Gasteiger partial charge in [0.05, 0.1) is 11.9 Å². The Morgan fingerprint density at radius 2 is 1.58 bits per heavy atom. The average molecular weight is 624 g/mol. The molecule has 3 aromatic carbocycles. The van der Waals surface area contributed by atoms with Crippen LogP contribution in [0.1, 0.15) is 61.6 Å². The average Bonchev–Trinajstić information content (AvgIpc) is 2.99. The number of halogens is 1. The van der Waals surface area contributed by atoms with Crippen LogP contribution in [0.2, 0.25) is 5.02 Å². The Bertz CT molecular complexity index is 1460. The van der Waals surface area contributed by atoms with Gasteiger partial charge in [-0.25, -0.2) is 8.42 Å². The second-order valence-electron chi connectivity index (χ2n) is 11.4. The lowest BCUT2D eigenvalue weighted by atomic mass is 9.94. The molecule has 3 aromatic rings. The van der Waals surface area contributed by atoms with Crippen molar-refractivity contribution in [2.75, 3.05) is 17.1 Å². The highest BCUT2D eigenvalue weighted by molar-refractivity contribution is 7.92. The van der Waals surface area contributed by atoms with E-state index in [1.165, 1.54) is 17.0 Å². The van der Waals surface area contributed by atoms with E-state index in [9.17, 15) is 18.0 Å². The molecule has 0 aromatic heterocycles. The highest BCUT2D eigenvalue weighted by Gasteiger charge is 2.32. The molecule has 0 bridgehead atoms. The number of aryl methyl sites for hydroxylation is 1. The molecular formula is C34H42ClN3O4S. The van der Waals surface area contributed by atoms with Crippen LogP contribution in [-0.4, -0.2) is 50.0 Å². The number of amides is 2. The van der Waals surface area contributed by atoms with Crippen LogP contribution in [0.25, 0.3) is 0 Å². The predicted octanol–water partition coefficient (Wildman–Crippen LogP) is 6.28. The summed E-state index contributed by atoms with van der Waals surface area (Å²) in [6.07, 6.45) is 7.09. The van der Waals surface area contributed by atoms with E-state index in [-0.39, 0.29) is 37.4 Å². The Morgan fingerprint density at radius 1 is 0.930 bits per heavy atom. The minimum absolute atomic E-state index is 0.0737. The molecule has 230 valence electrons. The molecule has 0 heterocycles. The monoisotopic (exact) mass is 623 g/mol. The molecule has 0 radical (unpaired) electrons. The number of nitrogens with one attached hydrogen (secondary N) is 1. The van der Waals surface area contributed by atoms with Crippen LogP contribution in [0.15, 0.2) is 78.9 Å². The first-order chi connectivity index (χ1) is 20.6. The number of sulfonamides is 1. The van der Waals surface area contributed by atoms with Crippen LogP contribution in [-0.2, 0) is 32.6 Å². The van der Waals surface area contributed by atoms with Gasteiger partial charge in [-0.05, 0) is 55.5 Å². The van der Waals surface area contributed by atoms with Crippen molar-refractivity contribution in [3.63, 3.8) is 0 Å². The molecule has 9 heteroatoms. The summed E-state index contributed by atoms with van der Waals surface area (Å²) in [5, 5.41) is 3.76. The molecule has 1 fully saturated rings. The fourth-order valence-electron chi connectivity index (χ4n) is 5.62. The largest absolute Gasteiger partial charge is 0.352 e. The Labute approximate surface area is 261 Å². The molecule has 7 nitrogen and oxygen atoms in total. The van der Waals surface area contributed by atoms with Gasteiger partial charge < -0.3 is 10.2 Å². The maximum absolute atomic E-state index is 14.0. The molecule has 0 spiro atoms. The molecule has 43 heavy (non-hydrogen) atoms. The Balaban J connectivity index is 1.59. The van der Waals surface area contributed by atoms with Gasteiger partial charge in [-0.3, -0.25) is 13.9 Å². The van der Waals surface area contributed by atoms with E-state index in [1.807, 2.05) is 67.6 Å². The summed E-state index contributed by atoms with van der Waals surface area (Å²) in [6.45, 7) is 2.25. The van der Waals surface area contributed by atoms with Crippen molar-refractivity contribution < 1.29 is 18.0 Å². The molecule has 4 rings (SSSR count). The second-order valence-corrected chi connectivity index (χ2v) is 13.8. The first kappa shape index (κ1) is 32.6. The molecular weight excluding hydrogens is 582 g/mol. The lowest BCUT2D eigenvalue weighted by Gasteiger charge is -2.34. The molecule has 0 aliphatic heterocycles. The number of carbonyl (C=O) groups excluding carboxylic acids is 2. The standard InChI is InChI=1S/C34H42ClN3O4S/c1-26-19-21-30(22-20-26)38(43(2,41)42)23-11-18-33(39)37(25-28-14-9-10-17-31(28)35)32(24-27-12-5-3-6-13-27)34(40)36-29-15-7-4-8-16-29/h3,5-6,9-10,12-14,17,19-22,29,32H,4,7-8,11,15-16,18,23-25H2,1-2H3,(H,36,40)/t32-/m0/s1. The summed E-state index contributed by atoms with van der Waals surface area (Å²) in [4.78, 5) is 29.6. The topological polar surface area (TPSA) is 86.8 Å². The van der Waals surface area contributed by atoms with Gasteiger partial charge in [0.15, 0.2) is 0 Å². The van der Waals surface area contributed by atoms with E-state index in [4.69, 9.17) is 11.6 Å². The van der Waals surface area contributed by atoms with E-state index >= 15 is 0 Å². The fourth-order valence-corrected chi connectivity index (χ4v) is 6.78. The second kappa shape index (κ2) is 15.4. The van der Waals surface area contributed by atoms with Crippen molar-refractivity contribution in [2.45, 2.75) is 76.9 Å². The van der Waals surface area contributed by atoms with Crippen molar-refractivity contribution in [3.05, 3.63) is 101 Å². The lowest BCUT2D eigenvalue weighted by molar-refractivity contribution is -0.141. The smallest absolute Gasteiger partial charge is 0.243 e. The zero-order valence-corrected chi connectivity index (χ0v) is 26.6. The van der Waals surface area contributed by atoms with Gasteiger partial charge >= 0.3 is 0 Å². The van der Waals surface area contributed by atoms with E-state index in [1.54, 1.807) is 23.1 Å². The molecule has 1 atom stereocenters. The van der Waals surface area contributed by atoms with Crippen molar-refractivity contribution in [2.24, 2.45) is 0 Å². The van der Waals surface area contributed by atoms with Crippen LogP contribution in [0.5, 0.6) is 0 Å². The Morgan fingerprint density at radius 3 is 2.23 bits per heavy atom. The lowest BCUT2D eigenvalue weighted by Crippen LogP contribution is -2.53. The summed E-state index contributed by atoms with van der Waals surface area (Å²) < 4.78 is 26.6. The van der Waals surface area contributed by atoms with Gasteiger partial charge in [0, 0.05) is 37.0 Å². The zero-order chi connectivity index (χ0) is 30.8. The van der Waals surface area contributed by atoms with Crippen LogP contribution in [0, 0.1) is 6.92 Å². The number of anilines is 1. The highest BCUT2D eigenvalue weighted by atomic mass is 35.5. The quantitative estimate of drug-likeness (QED) is 0.243. The maximum Gasteiger partial charge on any atom is 0.243 e. The van der Waals surface area contributed by atoms with Crippen molar-refractivity contribution in [1.82, 2.24) is 10.2 Å². The summed E-state index contributed by atoms with van der Waals surface area (Å²) in [5.41, 5.74) is 3.28. The summed E-state index contributed by atoms with van der Waals surface area (Å²) in [7, 11) is -3.56. The number of rotatable bonds is 13. The molecule has 1 aliphatic carbocycles. The van der Waals surface area contributed by atoms with Gasteiger partial charge in [0.1, 0.15) is 6.04 Å². The van der Waals surface area contributed by atoms with Crippen molar-refractivity contribution in [3.8, 4) is 0 Å². The summed E-state index contributed by atoms with van der Waals surface area (Å²) in [6, 6.07) is 23.7. The number of benzene rings is 3. The Kier molecular flexibility index (Phi) is 11.7. The van der Waals surface area contributed by atoms with Crippen LogP contribution < -0.4 is 9.62 Å². The first-order valence-electron chi connectivity index (χ1n) is 15.0. The summed E-state index contributed by atoms with van der Waals surface area (Å²) >= 11 is 6.54. The number of hydrogen-bond donors (Lipinski definition) is 1. The predicted molar refractivity (Wildman–Crippen MR) is 174 cm³/mol. The normalized spacial score (nSPS) is 14.6. The van der Waals surface area contributed by atoms with Gasteiger partial charge in [-0.1, -0.05) is 97.1 Å². The molecule has 1 saturated carbocycles. The summed E-state index contributed by atoms with van der Waals surface area (Å²) in [5.74, 6) is -0.398. The van der Waals surface area contributed by atoms with Gasteiger partial charge in [0.2, 0.25) is 21.8 Å². The third-order valence-corrected chi connectivity index (χ3v) is 9.56. The maximum atomic E-state index is 14.0. The number of hydrogen-bond acceptors (Lipinski definition) is 4. The van der Waals surface area contributed by atoms with E-state index < -0.39 is 16.1 Å². The van der Waals surface area contributed by atoms with E-state index in [0.717, 1.165) is 42.4 Å². The minimum Gasteiger partial charge on any atom is -0.352 e. The van der Waals surface area contributed by atoms with Gasteiger partial charge in [-0.2, -0.15) is 0 Å². The molecule has 2 amide bonds. The van der Waals surface area contributed by atoms with Crippen LogP contribution >= 0.6 is 11.6 Å². The van der Waals surface area contributed by atoms with Crippen LogP contribution in [0.3, 0.4) is 0 Å². The van der Waals surface area contributed by atoms with Gasteiger partial charge in [0.25, 0.3) is 0 Å². The van der Waals surface area contributed by atoms with Gasteiger partial charge in [-0.15, -0.1) is 0 Å². The third-order valence-electron chi connectivity index (χ3n) is 8.00. The molecule has 0 saturated heterocycles. The van der Waals surface area contributed by atoms with Crippen LogP contribution in [0.4, 0.5) is 5.69 Å². The Hall–Kier alpha value is -3.36. The highest BCUT2D eigenvalue weighted by Crippen LogP contribution is 2.24. The SMILES string of the molecule is Cc1ccc(N(CCCC(=O)N(Cc2ccccc2Cl)[C@@H](Cc2ccccc2)C(=O)NC2CCCCC2)S(C)(=O)=O)cc1. The first-order valence-corrected chi connectivity index (χ1v) is 17.3. The minimum atomic E-state index is -3.56. The van der Waals surface area contributed by atoms with E-state index in [0.29, 0.717) is 23.6 Å². The number of carbonyl (C=O) groups is 2. The third kappa shape index (κ3) is 9.57. The molecule has 0 unspecified atom stereocenters. The zero-order valence-electron chi connectivity index (χ0n) is 25.0. The van der Waals surface area contributed by atoms with Crippen molar-refractivity contribution in [1.29, 1.82) is 0 Å². The number of nitrogens with zero attached hydrogens (tertiary/aromatic N) is 2. The molecule has 1 aliphatic rings. The van der Waals surface area contributed by atoms with Crippen molar-refractivity contribution >= 4 is 39.1 Å². The van der Waals surface area contributed by atoms with E-state index in [2.05, 4.69) is 5.32 Å². The fraction of sp³-hybridized carbons (Fsp3) is 0.412. The molecule has 1 N–H and O–H groups in total.